The van der Waals surface area contributed by atoms with Crippen molar-refractivity contribution < 1.29 is 56.9 Å². The minimum atomic E-state index is -0.560. The molecule has 0 aliphatic rings. The van der Waals surface area contributed by atoms with Crippen molar-refractivity contribution in [3.63, 3.8) is 0 Å². The van der Waals surface area contributed by atoms with Crippen molar-refractivity contribution in [2.24, 2.45) is 20.5 Å². The minimum absolute atomic E-state index is 0. The third kappa shape index (κ3) is 18.5. The van der Waals surface area contributed by atoms with Crippen LogP contribution in [0, 0.1) is 34.6 Å². The van der Waals surface area contributed by atoms with Crippen molar-refractivity contribution in [3.05, 3.63) is 195 Å². The molecule has 0 saturated heterocycles. The van der Waals surface area contributed by atoms with E-state index in [9.17, 15) is 14.4 Å². The smallest absolute Gasteiger partial charge is 0.360 e. The monoisotopic (exact) mass is 1020 g/mol. The van der Waals surface area contributed by atoms with Gasteiger partial charge >= 0.3 is 11.9 Å². The summed E-state index contributed by atoms with van der Waals surface area (Å²) in [5, 5.41) is 11.4. The van der Waals surface area contributed by atoms with Gasteiger partial charge in [0.15, 0.2) is 17.1 Å². The van der Waals surface area contributed by atoms with E-state index in [1.54, 1.807) is 18.2 Å². The molecule has 0 N–H and O–H groups in total. The number of carbonyl (C=O) groups is 3. The first-order chi connectivity index (χ1) is 34.3. The predicted molar refractivity (Wildman–Crippen MR) is 301 cm³/mol. The number of aliphatic imine (C=N–C) groups is 1. The predicted octanol–water partition coefficient (Wildman–Crippen LogP) is 12.6. The fraction of sp³-hybridized carbons (Fsp3) is 0.271. The summed E-state index contributed by atoms with van der Waals surface area (Å²) in [5.74, 6) is 0.754. The van der Waals surface area contributed by atoms with E-state index < -0.39 is 17.8 Å². The summed E-state index contributed by atoms with van der Waals surface area (Å²) < 4.78 is 27.3. The second-order valence-corrected chi connectivity index (χ2v) is 15.5. The van der Waals surface area contributed by atoms with E-state index in [1.807, 2.05) is 150 Å². The Morgan fingerprint density at radius 3 is 1.12 bits per heavy atom. The summed E-state index contributed by atoms with van der Waals surface area (Å²) in [6, 6.07) is 41.9. The van der Waals surface area contributed by atoms with Crippen LogP contribution in [0.3, 0.4) is 0 Å². The number of esters is 2. The van der Waals surface area contributed by atoms with E-state index in [4.69, 9.17) is 38.2 Å². The number of benzene rings is 6. The van der Waals surface area contributed by atoms with E-state index >= 15 is 0 Å². The second kappa shape index (κ2) is 33.1. The van der Waals surface area contributed by atoms with Crippen LogP contribution in [-0.4, -0.2) is 77.2 Å². The van der Waals surface area contributed by atoms with Gasteiger partial charge in [-0.15, -0.1) is 0 Å². The number of rotatable bonds is 18. The van der Waals surface area contributed by atoms with Gasteiger partial charge in [0, 0.05) is 21.0 Å². The molecule has 0 bridgehead atoms. The van der Waals surface area contributed by atoms with Crippen LogP contribution in [0.4, 0.5) is 0 Å². The summed E-state index contributed by atoms with van der Waals surface area (Å²) in [6.07, 6.45) is 0. The molecule has 0 atom stereocenters. The van der Waals surface area contributed by atoms with Gasteiger partial charge in [-0.05, 0) is 104 Å². The zero-order valence-electron chi connectivity index (χ0n) is 41.8. The molecule has 0 unspecified atom stereocenters. The highest BCUT2D eigenvalue weighted by atomic mass is 16.6. The maximum absolute atomic E-state index is 12.0. The molecule has 0 aliphatic carbocycles. The van der Waals surface area contributed by atoms with Gasteiger partial charge in [0.25, 0.3) is 5.91 Å². The highest BCUT2D eigenvalue weighted by molar-refractivity contribution is 6.46. The highest BCUT2D eigenvalue weighted by Gasteiger charge is 2.21. The molecule has 0 saturated carbocycles. The Kier molecular flexibility index (Phi) is 28.4. The maximum Gasteiger partial charge on any atom is 0.360 e. The summed E-state index contributed by atoms with van der Waals surface area (Å²) >= 11 is 0. The Morgan fingerprint density at radius 2 is 0.757 bits per heavy atom. The molecule has 0 aromatic heterocycles. The van der Waals surface area contributed by atoms with Crippen LogP contribution in [0.1, 0.15) is 87.8 Å². The quantitative estimate of drug-likeness (QED) is 0.0455. The first kappa shape index (κ1) is 63.4. The number of amides is 1. The molecule has 6 aromatic carbocycles. The standard InChI is InChI=1S/C19H20N2O3.C19H21NO4.C18H19NO4.3CH4.3H2/c1-13-9-10-14(2)17(11-13)24-12-15-7-5-6-8-16(15)18(21-23-4)19(22)20-3;1-13-9-10-14(2)17(11-13)24-12-15-7-5-6-8-16(15)18(20-23-4)19(21)22-3;1-13-8-4-7-11-16(13)23-12-14-9-5-6-10-15(14)17(19-22-3)18(20)21-2;;;;;;/h5-11H,3,12H2,1-2,4H3;5-11H,12H2,1-4H3;4-11H,12H2,1-3H3;3*1H4;3*1H/b21-18+;20-18+;19-17+;;;;;;. The Hall–Kier alpha value is -8.59. The van der Waals surface area contributed by atoms with Gasteiger partial charge in [-0.1, -0.05) is 153 Å². The topological polar surface area (TPSA) is 174 Å². The Balaban J connectivity index is -0.00000103. The zero-order valence-corrected chi connectivity index (χ0v) is 41.8. The highest BCUT2D eigenvalue weighted by Crippen LogP contribution is 2.24. The average Bonchev–Trinajstić information content (AvgIpc) is 3.39. The lowest BCUT2D eigenvalue weighted by atomic mass is 10.0. The minimum Gasteiger partial charge on any atom is -0.489 e. The first-order valence-corrected chi connectivity index (χ1v) is 22.1. The van der Waals surface area contributed by atoms with Crippen molar-refractivity contribution in [2.75, 3.05) is 35.5 Å². The Bertz CT molecular complexity index is 2870. The second-order valence-electron chi connectivity index (χ2n) is 15.5. The van der Waals surface area contributed by atoms with Gasteiger partial charge in [-0.3, -0.25) is 4.79 Å². The molecule has 74 heavy (non-hydrogen) atoms. The largest absolute Gasteiger partial charge is 0.489 e. The lowest BCUT2D eigenvalue weighted by Gasteiger charge is -2.13. The van der Waals surface area contributed by atoms with Gasteiger partial charge in [0.1, 0.15) is 58.4 Å². The van der Waals surface area contributed by atoms with Crippen LogP contribution in [0.5, 0.6) is 17.2 Å². The lowest BCUT2D eigenvalue weighted by Crippen LogP contribution is -2.19. The van der Waals surface area contributed by atoms with Crippen molar-refractivity contribution in [2.45, 2.75) is 76.7 Å². The van der Waals surface area contributed by atoms with Crippen molar-refractivity contribution in [3.8, 4) is 17.2 Å². The van der Waals surface area contributed by atoms with E-state index in [2.05, 4.69) is 27.2 Å². The zero-order chi connectivity index (χ0) is 51.7. The Morgan fingerprint density at radius 1 is 0.432 bits per heavy atom. The van der Waals surface area contributed by atoms with Crippen molar-refractivity contribution >= 4 is 41.7 Å². The fourth-order valence-electron chi connectivity index (χ4n) is 6.68. The van der Waals surface area contributed by atoms with Crippen LogP contribution < -0.4 is 14.2 Å². The van der Waals surface area contributed by atoms with Crippen LogP contribution in [0.15, 0.2) is 154 Å². The summed E-state index contributed by atoms with van der Waals surface area (Å²) in [5.41, 5.74) is 10.0. The van der Waals surface area contributed by atoms with Gasteiger partial charge in [0.2, 0.25) is 0 Å². The average molecular weight is 1020 g/mol. The number of carbonyl (C=O) groups excluding carboxylic acids is 3. The molecule has 0 heterocycles. The van der Waals surface area contributed by atoms with E-state index in [0.717, 1.165) is 61.8 Å². The number of para-hydroxylation sites is 1. The third-order valence-electron chi connectivity index (χ3n) is 10.4. The summed E-state index contributed by atoms with van der Waals surface area (Å²) in [4.78, 5) is 53.6. The maximum atomic E-state index is 12.0. The molecule has 0 radical (unpaired) electrons. The number of aryl methyl sites for hydroxylation is 5. The van der Waals surface area contributed by atoms with Gasteiger partial charge in [-0.25, -0.2) is 14.6 Å². The van der Waals surface area contributed by atoms with Crippen LogP contribution >= 0.6 is 0 Å². The van der Waals surface area contributed by atoms with E-state index in [1.165, 1.54) is 35.5 Å². The van der Waals surface area contributed by atoms with Crippen LogP contribution in [0.25, 0.3) is 0 Å². The number of oxime groups is 3. The van der Waals surface area contributed by atoms with Gasteiger partial charge in [0.05, 0.1) is 14.2 Å². The third-order valence-corrected chi connectivity index (χ3v) is 10.4. The van der Waals surface area contributed by atoms with Crippen LogP contribution in [-0.2, 0) is 58.2 Å². The first-order valence-electron chi connectivity index (χ1n) is 22.1. The number of hydrogen-bond donors (Lipinski definition) is 0. The summed E-state index contributed by atoms with van der Waals surface area (Å²) in [7, 11) is 6.77. The molecule has 0 aliphatic heterocycles. The van der Waals surface area contributed by atoms with Gasteiger partial charge < -0.3 is 38.2 Å². The number of methoxy groups -OCH3 is 2. The lowest BCUT2D eigenvalue weighted by molar-refractivity contribution is -0.133. The van der Waals surface area contributed by atoms with E-state index in [-0.39, 0.29) is 43.7 Å². The van der Waals surface area contributed by atoms with Crippen LogP contribution in [0.2, 0.25) is 0 Å². The molecular weight excluding hydrogens is 941 g/mol. The number of ether oxygens (including phenoxy) is 5. The SMILES string of the molecule is C.C.C.C=NC(=O)/C(=N/OC)c1ccccc1COc1cc(C)ccc1C.CO/N=C(/C(=O)OC)c1ccccc1COc1cc(C)ccc1C.CO/N=C(/C(=O)OC)c1ccccc1COc1ccccc1C.[HH].[HH].[HH]. The van der Waals surface area contributed by atoms with E-state index in [0.29, 0.717) is 36.5 Å². The number of nitrogens with zero attached hydrogens (tertiary/aromatic N) is 4. The van der Waals surface area contributed by atoms with Crippen molar-refractivity contribution in [1.82, 2.24) is 0 Å². The van der Waals surface area contributed by atoms with Gasteiger partial charge in [-0.2, -0.15) is 0 Å². The molecule has 6 aromatic rings. The number of hydrogen-bond acceptors (Lipinski definition) is 14. The molecule has 6 rings (SSSR count). The molecule has 15 heteroatoms. The summed E-state index contributed by atoms with van der Waals surface area (Å²) in [6.45, 7) is 14.2. The molecule has 15 nitrogen and oxygen atoms in total. The molecule has 400 valence electrons. The molecule has 0 spiro atoms. The molecular formula is C59H78N4O11. The molecule has 1 amide bonds. The normalized spacial score (nSPS) is 10.6. The molecule has 0 fully saturated rings. The fourth-order valence-corrected chi connectivity index (χ4v) is 6.68. The van der Waals surface area contributed by atoms with Crippen molar-refractivity contribution in [1.29, 1.82) is 0 Å². The Labute approximate surface area is 441 Å².